The molecule has 0 atom stereocenters. The largest absolute Gasteiger partial charge is 0.493 e. The fourth-order valence-electron chi connectivity index (χ4n) is 2.91. The van der Waals surface area contributed by atoms with Gasteiger partial charge in [-0.25, -0.2) is 0 Å². The van der Waals surface area contributed by atoms with Gasteiger partial charge in [-0.3, -0.25) is 4.90 Å². The quantitative estimate of drug-likeness (QED) is 0.510. The molecule has 1 heterocycles. The van der Waals surface area contributed by atoms with Gasteiger partial charge < -0.3 is 14.2 Å². The highest BCUT2D eigenvalue weighted by Crippen LogP contribution is 2.34. The Hall–Kier alpha value is -1.82. The first-order chi connectivity index (χ1) is 12.7. The molecule has 1 aromatic heterocycles. The molecule has 0 aliphatic heterocycles. The van der Waals surface area contributed by atoms with Gasteiger partial charge in [0, 0.05) is 32.3 Å². The maximum absolute atomic E-state index is 5.82. The van der Waals surface area contributed by atoms with Gasteiger partial charge in [0.05, 0.1) is 20.3 Å². The van der Waals surface area contributed by atoms with Crippen molar-refractivity contribution in [2.24, 2.45) is 0 Å². The van der Waals surface area contributed by atoms with Crippen LogP contribution in [-0.4, -0.2) is 38.9 Å². The van der Waals surface area contributed by atoms with Crippen molar-refractivity contribution < 1.29 is 14.2 Å². The zero-order valence-corrected chi connectivity index (χ0v) is 16.8. The molecule has 0 bridgehead atoms. The van der Waals surface area contributed by atoms with Crippen molar-refractivity contribution >= 4 is 11.3 Å². The van der Waals surface area contributed by atoms with Gasteiger partial charge in [-0.15, -0.1) is 6.58 Å². The molecule has 0 unspecified atom stereocenters. The third-order valence-electron chi connectivity index (χ3n) is 4.07. The topological polar surface area (TPSA) is 30.9 Å². The van der Waals surface area contributed by atoms with Gasteiger partial charge in [-0.05, 0) is 47.4 Å². The van der Waals surface area contributed by atoms with Gasteiger partial charge in [0.2, 0.25) is 0 Å². The molecule has 0 N–H and O–H groups in total. The first kappa shape index (κ1) is 20.5. The molecule has 0 saturated heterocycles. The van der Waals surface area contributed by atoms with E-state index in [9.17, 15) is 0 Å². The van der Waals surface area contributed by atoms with Crippen molar-refractivity contribution in [3.05, 3.63) is 58.3 Å². The van der Waals surface area contributed by atoms with E-state index in [1.165, 1.54) is 11.1 Å². The molecule has 0 radical (unpaired) electrons. The lowest BCUT2D eigenvalue weighted by molar-refractivity contribution is 0.140. The van der Waals surface area contributed by atoms with E-state index in [2.05, 4.69) is 40.4 Å². The summed E-state index contributed by atoms with van der Waals surface area (Å²) in [4.78, 5) is 2.39. The Kier molecular flexibility index (Phi) is 8.68. The first-order valence-corrected chi connectivity index (χ1v) is 9.81. The molecule has 2 rings (SSSR count). The molecule has 142 valence electrons. The van der Waals surface area contributed by atoms with Gasteiger partial charge in [-0.1, -0.05) is 12.1 Å². The molecule has 4 nitrogen and oxygen atoms in total. The molecule has 5 heteroatoms. The van der Waals surface area contributed by atoms with E-state index in [1.807, 2.05) is 13.0 Å². The lowest BCUT2D eigenvalue weighted by atomic mass is 10.0. The molecule has 0 spiro atoms. The fourth-order valence-corrected chi connectivity index (χ4v) is 3.57. The smallest absolute Gasteiger partial charge is 0.164 e. The third-order valence-corrected chi connectivity index (χ3v) is 4.80. The lowest BCUT2D eigenvalue weighted by Crippen LogP contribution is -2.26. The summed E-state index contributed by atoms with van der Waals surface area (Å²) >= 11 is 1.73. The van der Waals surface area contributed by atoms with Crippen LogP contribution in [0.2, 0.25) is 0 Å². The third kappa shape index (κ3) is 5.87. The predicted molar refractivity (Wildman–Crippen MR) is 108 cm³/mol. The standard InChI is InChI=1S/C21H29NO3S/c1-5-7-19-12-18(13-20(24-4)21(19)25-6-2)15-22(9-10-23-3)14-17-8-11-26-16-17/h5,8,11-13,16H,1,6-7,9-10,14-15H2,2-4H3. The normalized spacial score (nSPS) is 10.9. The Morgan fingerprint density at radius 1 is 1.19 bits per heavy atom. The Bertz CT molecular complexity index is 670. The SMILES string of the molecule is C=CCc1cc(CN(CCOC)Cc2ccsc2)cc(OC)c1OCC. The summed E-state index contributed by atoms with van der Waals surface area (Å²) in [7, 11) is 3.43. The summed E-state index contributed by atoms with van der Waals surface area (Å²) in [5.41, 5.74) is 3.64. The maximum atomic E-state index is 5.82. The molecule has 0 fully saturated rings. The van der Waals surface area contributed by atoms with Crippen molar-refractivity contribution in [1.29, 1.82) is 0 Å². The summed E-state index contributed by atoms with van der Waals surface area (Å²) in [6.07, 6.45) is 2.65. The average molecular weight is 376 g/mol. The van der Waals surface area contributed by atoms with Crippen molar-refractivity contribution in [3.63, 3.8) is 0 Å². The molecule has 2 aromatic rings. The lowest BCUT2D eigenvalue weighted by Gasteiger charge is -2.23. The number of hydrogen-bond acceptors (Lipinski definition) is 5. The maximum Gasteiger partial charge on any atom is 0.164 e. The summed E-state index contributed by atoms with van der Waals surface area (Å²) in [5, 5.41) is 4.31. The molecule has 0 aliphatic rings. The average Bonchev–Trinajstić information content (AvgIpc) is 3.15. The highest BCUT2D eigenvalue weighted by molar-refractivity contribution is 7.07. The Morgan fingerprint density at radius 2 is 2.00 bits per heavy atom. The Balaban J connectivity index is 2.25. The van der Waals surface area contributed by atoms with Crippen LogP contribution in [0.3, 0.4) is 0 Å². The number of allylic oxidation sites excluding steroid dienone is 1. The Morgan fingerprint density at radius 3 is 2.62 bits per heavy atom. The van der Waals surface area contributed by atoms with Gasteiger partial charge in [0.1, 0.15) is 0 Å². The summed E-state index contributed by atoms with van der Waals surface area (Å²) in [6, 6.07) is 6.44. The fraction of sp³-hybridized carbons (Fsp3) is 0.429. The summed E-state index contributed by atoms with van der Waals surface area (Å²) in [5.74, 6) is 1.60. The van der Waals surface area contributed by atoms with Crippen LogP contribution in [-0.2, 0) is 24.2 Å². The van der Waals surface area contributed by atoms with E-state index < -0.39 is 0 Å². The predicted octanol–water partition coefficient (Wildman–Crippen LogP) is 4.53. The van der Waals surface area contributed by atoms with Crippen molar-refractivity contribution in [2.75, 3.05) is 34.0 Å². The minimum atomic E-state index is 0.609. The van der Waals surface area contributed by atoms with Gasteiger partial charge in [0.25, 0.3) is 0 Å². The number of thiophene rings is 1. The molecular formula is C21H29NO3S. The molecule has 26 heavy (non-hydrogen) atoms. The van der Waals surface area contributed by atoms with Crippen LogP contribution in [0.25, 0.3) is 0 Å². The van der Waals surface area contributed by atoms with Crippen molar-refractivity contribution in [3.8, 4) is 11.5 Å². The molecule has 0 aliphatic carbocycles. The van der Waals surface area contributed by atoms with Gasteiger partial charge >= 0.3 is 0 Å². The van der Waals surface area contributed by atoms with E-state index in [0.29, 0.717) is 13.2 Å². The van der Waals surface area contributed by atoms with Crippen LogP contribution in [0.15, 0.2) is 41.6 Å². The van der Waals surface area contributed by atoms with E-state index in [4.69, 9.17) is 14.2 Å². The summed E-state index contributed by atoms with van der Waals surface area (Å²) < 4.78 is 16.7. The molecule has 1 aromatic carbocycles. The number of benzene rings is 1. The minimum Gasteiger partial charge on any atom is -0.493 e. The van der Waals surface area contributed by atoms with Crippen LogP contribution >= 0.6 is 11.3 Å². The number of ether oxygens (including phenoxy) is 3. The highest BCUT2D eigenvalue weighted by atomic mass is 32.1. The number of methoxy groups -OCH3 is 2. The second-order valence-corrected chi connectivity index (χ2v) is 6.83. The second-order valence-electron chi connectivity index (χ2n) is 6.05. The van der Waals surface area contributed by atoms with E-state index in [-0.39, 0.29) is 0 Å². The Labute approximate surface area is 161 Å². The first-order valence-electron chi connectivity index (χ1n) is 8.87. The van der Waals surface area contributed by atoms with Crippen molar-refractivity contribution in [2.45, 2.75) is 26.4 Å². The zero-order valence-electron chi connectivity index (χ0n) is 16.0. The van der Waals surface area contributed by atoms with Crippen molar-refractivity contribution in [1.82, 2.24) is 4.90 Å². The van der Waals surface area contributed by atoms with Crippen LogP contribution in [0.1, 0.15) is 23.6 Å². The van der Waals surface area contributed by atoms with Gasteiger partial charge in [0.15, 0.2) is 11.5 Å². The van der Waals surface area contributed by atoms with E-state index >= 15 is 0 Å². The highest BCUT2D eigenvalue weighted by Gasteiger charge is 2.15. The minimum absolute atomic E-state index is 0.609. The monoisotopic (exact) mass is 375 g/mol. The summed E-state index contributed by atoms with van der Waals surface area (Å²) in [6.45, 7) is 9.77. The van der Waals surface area contributed by atoms with Gasteiger partial charge in [-0.2, -0.15) is 11.3 Å². The van der Waals surface area contributed by atoms with Crippen LogP contribution < -0.4 is 9.47 Å². The number of hydrogen-bond donors (Lipinski definition) is 0. The zero-order chi connectivity index (χ0) is 18.8. The number of rotatable bonds is 12. The number of nitrogens with zero attached hydrogens (tertiary/aromatic N) is 1. The van der Waals surface area contributed by atoms with E-state index in [1.54, 1.807) is 25.6 Å². The van der Waals surface area contributed by atoms with E-state index in [0.717, 1.165) is 43.1 Å². The molecular weight excluding hydrogens is 346 g/mol. The molecule has 0 amide bonds. The van der Waals surface area contributed by atoms with Crippen LogP contribution in [0.5, 0.6) is 11.5 Å². The van der Waals surface area contributed by atoms with Crippen LogP contribution in [0, 0.1) is 0 Å². The van der Waals surface area contributed by atoms with Crippen LogP contribution in [0.4, 0.5) is 0 Å². The second kappa shape index (κ2) is 11.0. The molecule has 0 saturated carbocycles.